The maximum atomic E-state index is 10.6. The van der Waals surface area contributed by atoms with E-state index in [0.717, 1.165) is 16.7 Å². The van der Waals surface area contributed by atoms with Gasteiger partial charge in [0.05, 0.1) is 0 Å². The molecule has 0 saturated carbocycles. The molecule has 0 aliphatic rings. The van der Waals surface area contributed by atoms with E-state index in [4.69, 9.17) is 5.73 Å². The molecule has 1 heterocycles. The molecule has 0 aliphatic carbocycles. The predicted octanol–water partition coefficient (Wildman–Crippen LogP) is 2.25. The lowest BCUT2D eigenvalue weighted by atomic mass is 10.1. The largest absolute Gasteiger partial charge is 0.366 e. The molecule has 1 amide bonds. The number of amides is 1. The molecule has 0 atom stereocenters. The third-order valence-electron chi connectivity index (χ3n) is 2.36. The number of aromatic nitrogens is 1. The first-order valence-corrected chi connectivity index (χ1v) is 5.24. The minimum atomic E-state index is -0.441. The molecule has 2 N–H and O–H groups in total. The summed E-state index contributed by atoms with van der Waals surface area (Å²) in [6.45, 7) is 0. The first-order chi connectivity index (χ1) is 8.25. The number of rotatable bonds is 3. The van der Waals surface area contributed by atoms with Crippen molar-refractivity contribution in [1.82, 2.24) is 4.98 Å². The number of carbonyl (C=O) groups excluding carboxylic acids is 1. The zero-order chi connectivity index (χ0) is 12.1. The first kappa shape index (κ1) is 11.1. The highest BCUT2D eigenvalue weighted by Crippen LogP contribution is 2.18. The van der Waals surface area contributed by atoms with E-state index in [1.54, 1.807) is 18.5 Å². The molecule has 17 heavy (non-hydrogen) atoms. The molecule has 1 aromatic heterocycles. The normalized spacial score (nSPS) is 10.6. The number of hydrogen-bond donors (Lipinski definition) is 1. The van der Waals surface area contributed by atoms with E-state index in [1.165, 1.54) is 6.08 Å². The number of primary amides is 1. The summed E-state index contributed by atoms with van der Waals surface area (Å²) in [5.74, 6) is -0.441. The Kier molecular flexibility index (Phi) is 3.31. The number of hydrogen-bond acceptors (Lipinski definition) is 2. The highest BCUT2D eigenvalue weighted by molar-refractivity contribution is 5.90. The number of benzene rings is 1. The SMILES string of the molecule is NC(=O)/C=C\c1ccc(-c2ccncc2)cc1. The molecule has 3 heteroatoms. The molecular weight excluding hydrogens is 212 g/mol. The molecule has 0 radical (unpaired) electrons. The summed E-state index contributed by atoms with van der Waals surface area (Å²) in [5.41, 5.74) is 8.21. The van der Waals surface area contributed by atoms with E-state index < -0.39 is 5.91 Å². The topological polar surface area (TPSA) is 56.0 Å². The fourth-order valence-electron chi connectivity index (χ4n) is 1.51. The molecule has 2 aromatic rings. The van der Waals surface area contributed by atoms with Gasteiger partial charge in [0, 0.05) is 18.5 Å². The third-order valence-corrected chi connectivity index (χ3v) is 2.36. The monoisotopic (exact) mass is 224 g/mol. The number of nitrogens with zero attached hydrogens (tertiary/aromatic N) is 1. The molecule has 0 bridgehead atoms. The summed E-state index contributed by atoms with van der Waals surface area (Å²) in [7, 11) is 0. The van der Waals surface area contributed by atoms with Gasteiger partial charge < -0.3 is 5.73 Å². The van der Waals surface area contributed by atoms with E-state index in [-0.39, 0.29) is 0 Å². The third kappa shape index (κ3) is 3.01. The summed E-state index contributed by atoms with van der Waals surface area (Å²) in [5, 5.41) is 0. The highest BCUT2D eigenvalue weighted by Gasteiger charge is 1.96. The lowest BCUT2D eigenvalue weighted by molar-refractivity contribution is -0.113. The second kappa shape index (κ2) is 5.07. The zero-order valence-corrected chi connectivity index (χ0v) is 9.21. The molecule has 0 aliphatic heterocycles. The molecule has 1 aromatic carbocycles. The van der Waals surface area contributed by atoms with E-state index in [2.05, 4.69) is 4.98 Å². The number of pyridine rings is 1. The molecule has 3 nitrogen and oxygen atoms in total. The second-order valence-electron chi connectivity index (χ2n) is 3.59. The standard InChI is InChI=1S/C14H12N2O/c15-14(17)6-3-11-1-4-12(5-2-11)13-7-9-16-10-8-13/h1-10H,(H2,15,17)/b6-3-. The van der Waals surface area contributed by atoms with Crippen molar-refractivity contribution in [1.29, 1.82) is 0 Å². The van der Waals surface area contributed by atoms with Crippen LogP contribution in [-0.2, 0) is 4.79 Å². The van der Waals surface area contributed by atoms with Crippen LogP contribution in [0, 0.1) is 0 Å². The average Bonchev–Trinajstić information content (AvgIpc) is 2.38. The summed E-state index contributed by atoms with van der Waals surface area (Å²) in [6, 6.07) is 11.8. The minimum Gasteiger partial charge on any atom is -0.366 e. The van der Waals surface area contributed by atoms with Gasteiger partial charge in [-0.15, -0.1) is 0 Å². The molecule has 2 rings (SSSR count). The van der Waals surface area contributed by atoms with Crippen LogP contribution in [0.2, 0.25) is 0 Å². The quantitative estimate of drug-likeness (QED) is 0.813. The van der Waals surface area contributed by atoms with Crippen LogP contribution in [0.4, 0.5) is 0 Å². The van der Waals surface area contributed by atoms with E-state index >= 15 is 0 Å². The lowest BCUT2D eigenvalue weighted by Gasteiger charge is -2.01. The van der Waals surface area contributed by atoms with E-state index in [9.17, 15) is 4.79 Å². The maximum absolute atomic E-state index is 10.6. The van der Waals surface area contributed by atoms with Crippen molar-refractivity contribution in [2.24, 2.45) is 5.73 Å². The first-order valence-electron chi connectivity index (χ1n) is 5.24. The Morgan fingerprint density at radius 1 is 1.00 bits per heavy atom. The Morgan fingerprint density at radius 2 is 1.59 bits per heavy atom. The van der Waals surface area contributed by atoms with Crippen LogP contribution < -0.4 is 5.73 Å². The minimum absolute atomic E-state index is 0.441. The number of nitrogens with two attached hydrogens (primary N) is 1. The van der Waals surface area contributed by atoms with Crippen LogP contribution in [0.1, 0.15) is 5.56 Å². The van der Waals surface area contributed by atoms with Crippen molar-refractivity contribution < 1.29 is 4.79 Å². The van der Waals surface area contributed by atoms with Crippen molar-refractivity contribution in [3.8, 4) is 11.1 Å². The molecular formula is C14H12N2O. The lowest BCUT2D eigenvalue weighted by Crippen LogP contribution is -2.04. The van der Waals surface area contributed by atoms with Crippen molar-refractivity contribution in [2.45, 2.75) is 0 Å². The molecule has 0 saturated heterocycles. The Hall–Kier alpha value is -2.42. The zero-order valence-electron chi connectivity index (χ0n) is 9.21. The van der Waals surface area contributed by atoms with Gasteiger partial charge in [0.25, 0.3) is 0 Å². The second-order valence-corrected chi connectivity index (χ2v) is 3.59. The van der Waals surface area contributed by atoms with Crippen LogP contribution in [0.5, 0.6) is 0 Å². The van der Waals surface area contributed by atoms with Gasteiger partial charge in [0.15, 0.2) is 0 Å². The van der Waals surface area contributed by atoms with Gasteiger partial charge in [-0.1, -0.05) is 24.3 Å². The fourth-order valence-corrected chi connectivity index (χ4v) is 1.51. The van der Waals surface area contributed by atoms with Gasteiger partial charge in [0.1, 0.15) is 0 Å². The fraction of sp³-hybridized carbons (Fsp3) is 0. The average molecular weight is 224 g/mol. The highest BCUT2D eigenvalue weighted by atomic mass is 16.1. The van der Waals surface area contributed by atoms with Gasteiger partial charge in [-0.05, 0) is 34.9 Å². The molecule has 0 spiro atoms. The van der Waals surface area contributed by atoms with Crippen LogP contribution in [0.15, 0.2) is 54.9 Å². The molecule has 84 valence electrons. The van der Waals surface area contributed by atoms with Crippen LogP contribution in [0.25, 0.3) is 17.2 Å². The van der Waals surface area contributed by atoms with Crippen molar-refractivity contribution in [3.63, 3.8) is 0 Å². The molecule has 0 unspecified atom stereocenters. The summed E-state index contributed by atoms with van der Waals surface area (Å²) in [4.78, 5) is 14.6. The number of carbonyl (C=O) groups is 1. The van der Waals surface area contributed by atoms with Gasteiger partial charge >= 0.3 is 0 Å². The van der Waals surface area contributed by atoms with Gasteiger partial charge in [-0.2, -0.15) is 0 Å². The molecule has 0 fully saturated rings. The summed E-state index contributed by atoms with van der Waals surface area (Å²) < 4.78 is 0. The Balaban J connectivity index is 2.22. The van der Waals surface area contributed by atoms with Crippen LogP contribution in [-0.4, -0.2) is 10.9 Å². The predicted molar refractivity (Wildman–Crippen MR) is 67.9 cm³/mol. The summed E-state index contributed by atoms with van der Waals surface area (Å²) in [6.07, 6.45) is 6.56. The van der Waals surface area contributed by atoms with Gasteiger partial charge in [0.2, 0.25) is 5.91 Å². The van der Waals surface area contributed by atoms with Gasteiger partial charge in [-0.25, -0.2) is 0 Å². The van der Waals surface area contributed by atoms with Crippen LogP contribution >= 0.6 is 0 Å². The van der Waals surface area contributed by atoms with Crippen molar-refractivity contribution >= 4 is 12.0 Å². The smallest absolute Gasteiger partial charge is 0.241 e. The van der Waals surface area contributed by atoms with Gasteiger partial charge in [-0.3, -0.25) is 9.78 Å². The van der Waals surface area contributed by atoms with Crippen molar-refractivity contribution in [3.05, 3.63) is 60.4 Å². The Labute approximate surface area is 99.6 Å². The van der Waals surface area contributed by atoms with E-state index in [1.807, 2.05) is 36.4 Å². The van der Waals surface area contributed by atoms with Crippen LogP contribution in [0.3, 0.4) is 0 Å². The maximum Gasteiger partial charge on any atom is 0.241 e. The Bertz CT molecular complexity index is 530. The van der Waals surface area contributed by atoms with E-state index in [0.29, 0.717) is 0 Å². The summed E-state index contributed by atoms with van der Waals surface area (Å²) >= 11 is 0. The Morgan fingerprint density at radius 3 is 2.18 bits per heavy atom. The van der Waals surface area contributed by atoms with Crippen molar-refractivity contribution in [2.75, 3.05) is 0 Å².